The minimum absolute atomic E-state index is 0.136. The first-order chi connectivity index (χ1) is 12.3. The van der Waals surface area contributed by atoms with Crippen LogP contribution < -0.4 is 15.5 Å². The molecule has 0 radical (unpaired) electrons. The first kappa shape index (κ1) is 17.3. The molecule has 2 aromatic rings. The molecular formula is C21H27N3O. The molecule has 2 amide bonds. The molecule has 0 spiro atoms. The fraction of sp³-hybridized carbons (Fsp3) is 0.381. The molecule has 1 aliphatic rings. The molecular weight excluding hydrogens is 310 g/mol. The van der Waals surface area contributed by atoms with Gasteiger partial charge in [0.05, 0.1) is 0 Å². The highest BCUT2D eigenvalue weighted by Gasteiger charge is 2.15. The largest absolute Gasteiger partial charge is 0.371 e. The smallest absolute Gasteiger partial charge is 0.319 e. The zero-order chi connectivity index (χ0) is 17.5. The van der Waals surface area contributed by atoms with E-state index in [-0.39, 0.29) is 6.03 Å². The summed E-state index contributed by atoms with van der Waals surface area (Å²) in [4.78, 5) is 14.4. The van der Waals surface area contributed by atoms with E-state index >= 15 is 0 Å². The molecule has 0 bridgehead atoms. The molecule has 0 saturated heterocycles. The molecule has 0 aromatic heterocycles. The van der Waals surface area contributed by atoms with Crippen molar-refractivity contribution in [3.8, 4) is 0 Å². The molecule has 1 heterocycles. The van der Waals surface area contributed by atoms with E-state index in [1.165, 1.54) is 29.7 Å². The van der Waals surface area contributed by atoms with Crippen LogP contribution in [0.4, 0.5) is 16.2 Å². The molecule has 4 heteroatoms. The molecule has 0 aliphatic carbocycles. The Hall–Kier alpha value is -2.49. The second-order valence-corrected chi connectivity index (χ2v) is 6.50. The summed E-state index contributed by atoms with van der Waals surface area (Å²) >= 11 is 0. The van der Waals surface area contributed by atoms with Crippen LogP contribution in [-0.4, -0.2) is 25.7 Å². The van der Waals surface area contributed by atoms with Gasteiger partial charge < -0.3 is 15.5 Å². The van der Waals surface area contributed by atoms with Crippen LogP contribution in [0.2, 0.25) is 0 Å². The second kappa shape index (κ2) is 8.56. The van der Waals surface area contributed by atoms with Crippen LogP contribution in [-0.2, 0) is 12.8 Å². The molecule has 4 nitrogen and oxygen atoms in total. The predicted octanol–water partition coefficient (Wildman–Crippen LogP) is 4.21. The molecule has 0 saturated carbocycles. The Morgan fingerprint density at radius 3 is 2.72 bits per heavy atom. The Morgan fingerprint density at radius 2 is 1.92 bits per heavy atom. The Morgan fingerprint density at radius 1 is 1.12 bits per heavy atom. The summed E-state index contributed by atoms with van der Waals surface area (Å²) in [7, 11) is 0. The number of hydrogen-bond acceptors (Lipinski definition) is 2. The Balaban J connectivity index is 1.40. The van der Waals surface area contributed by atoms with Gasteiger partial charge in [-0.1, -0.05) is 37.3 Å². The van der Waals surface area contributed by atoms with Crippen LogP contribution in [0.15, 0.2) is 48.5 Å². The highest BCUT2D eigenvalue weighted by atomic mass is 16.2. The quantitative estimate of drug-likeness (QED) is 0.776. The standard InChI is InChI=1S/C21H27N3O/c1-2-17-10-12-19(13-11-17)23-21(25)22-14-6-16-24-15-5-8-18-7-3-4-9-20(18)24/h3-4,7,9-13H,2,5-6,8,14-16H2,1H3,(H2,22,23,25). The van der Waals surface area contributed by atoms with Gasteiger partial charge in [-0.05, 0) is 55.0 Å². The van der Waals surface area contributed by atoms with E-state index in [4.69, 9.17) is 0 Å². The van der Waals surface area contributed by atoms with Crippen molar-refractivity contribution < 1.29 is 4.79 Å². The summed E-state index contributed by atoms with van der Waals surface area (Å²) in [5.41, 5.74) is 4.90. The van der Waals surface area contributed by atoms with Crippen molar-refractivity contribution in [2.45, 2.75) is 32.6 Å². The van der Waals surface area contributed by atoms with E-state index in [0.717, 1.165) is 31.6 Å². The van der Waals surface area contributed by atoms with Gasteiger partial charge in [-0.25, -0.2) is 4.79 Å². The summed E-state index contributed by atoms with van der Waals surface area (Å²) in [5.74, 6) is 0. The Bertz CT molecular complexity index is 697. The molecule has 0 atom stereocenters. The second-order valence-electron chi connectivity index (χ2n) is 6.50. The first-order valence-corrected chi connectivity index (χ1v) is 9.23. The van der Waals surface area contributed by atoms with E-state index in [1.807, 2.05) is 24.3 Å². The lowest BCUT2D eigenvalue weighted by Gasteiger charge is -2.31. The van der Waals surface area contributed by atoms with Gasteiger partial charge in [0.2, 0.25) is 0 Å². The van der Waals surface area contributed by atoms with Gasteiger partial charge >= 0.3 is 6.03 Å². The minimum Gasteiger partial charge on any atom is -0.371 e. The highest BCUT2D eigenvalue weighted by molar-refractivity contribution is 5.89. The van der Waals surface area contributed by atoms with Crippen molar-refractivity contribution >= 4 is 17.4 Å². The molecule has 3 rings (SSSR count). The van der Waals surface area contributed by atoms with E-state index in [0.29, 0.717) is 6.54 Å². The zero-order valence-electron chi connectivity index (χ0n) is 14.9. The third-order valence-electron chi connectivity index (χ3n) is 4.72. The van der Waals surface area contributed by atoms with E-state index < -0.39 is 0 Å². The van der Waals surface area contributed by atoms with Crippen LogP contribution in [0.1, 0.15) is 30.9 Å². The lowest BCUT2D eigenvalue weighted by molar-refractivity contribution is 0.252. The fourth-order valence-electron chi connectivity index (χ4n) is 3.31. The number of carbonyl (C=O) groups excluding carboxylic acids is 1. The molecule has 132 valence electrons. The maximum absolute atomic E-state index is 12.0. The predicted molar refractivity (Wildman–Crippen MR) is 104 cm³/mol. The van der Waals surface area contributed by atoms with Gasteiger partial charge in [0.15, 0.2) is 0 Å². The van der Waals surface area contributed by atoms with Gasteiger partial charge in [-0.3, -0.25) is 0 Å². The number of nitrogens with zero attached hydrogens (tertiary/aromatic N) is 1. The third kappa shape index (κ3) is 4.75. The number of aryl methyl sites for hydroxylation is 2. The monoisotopic (exact) mass is 337 g/mol. The van der Waals surface area contributed by atoms with Gasteiger partial charge in [-0.15, -0.1) is 0 Å². The van der Waals surface area contributed by atoms with Crippen LogP contribution >= 0.6 is 0 Å². The number of carbonyl (C=O) groups is 1. The lowest BCUT2D eigenvalue weighted by atomic mass is 10.0. The summed E-state index contributed by atoms with van der Waals surface area (Å²) in [6, 6.07) is 16.5. The van der Waals surface area contributed by atoms with Crippen LogP contribution in [0, 0.1) is 0 Å². The van der Waals surface area contributed by atoms with Crippen molar-refractivity contribution in [1.29, 1.82) is 0 Å². The topological polar surface area (TPSA) is 44.4 Å². The summed E-state index contributed by atoms with van der Waals surface area (Å²) in [6.07, 6.45) is 4.32. The maximum atomic E-state index is 12.0. The number of nitrogens with one attached hydrogen (secondary N) is 2. The zero-order valence-corrected chi connectivity index (χ0v) is 14.9. The molecule has 25 heavy (non-hydrogen) atoms. The number of fused-ring (bicyclic) bond motifs is 1. The number of anilines is 2. The van der Waals surface area contributed by atoms with Crippen molar-refractivity contribution in [1.82, 2.24) is 5.32 Å². The van der Waals surface area contributed by atoms with Crippen LogP contribution in [0.25, 0.3) is 0 Å². The molecule has 2 N–H and O–H groups in total. The van der Waals surface area contributed by atoms with Gasteiger partial charge in [-0.2, -0.15) is 0 Å². The van der Waals surface area contributed by atoms with Gasteiger partial charge in [0, 0.05) is 31.0 Å². The van der Waals surface area contributed by atoms with E-state index in [1.54, 1.807) is 0 Å². The summed E-state index contributed by atoms with van der Waals surface area (Å²) in [5, 5.41) is 5.83. The SMILES string of the molecule is CCc1ccc(NC(=O)NCCCN2CCCc3ccccc32)cc1. The Labute approximate surface area is 150 Å². The van der Waals surface area contributed by atoms with Gasteiger partial charge in [0.1, 0.15) is 0 Å². The summed E-state index contributed by atoms with van der Waals surface area (Å²) in [6.45, 7) is 4.88. The van der Waals surface area contributed by atoms with Crippen molar-refractivity contribution in [2.75, 3.05) is 29.9 Å². The molecule has 2 aromatic carbocycles. The molecule has 0 unspecified atom stereocenters. The van der Waals surface area contributed by atoms with Crippen molar-refractivity contribution in [2.24, 2.45) is 0 Å². The molecule has 0 fully saturated rings. The number of rotatable bonds is 6. The summed E-state index contributed by atoms with van der Waals surface area (Å²) < 4.78 is 0. The highest BCUT2D eigenvalue weighted by Crippen LogP contribution is 2.26. The number of hydrogen-bond donors (Lipinski definition) is 2. The van der Waals surface area contributed by atoms with E-state index in [9.17, 15) is 4.79 Å². The number of amides is 2. The van der Waals surface area contributed by atoms with Crippen LogP contribution in [0.5, 0.6) is 0 Å². The third-order valence-corrected chi connectivity index (χ3v) is 4.72. The van der Waals surface area contributed by atoms with Crippen molar-refractivity contribution in [3.63, 3.8) is 0 Å². The number of benzene rings is 2. The van der Waals surface area contributed by atoms with Gasteiger partial charge in [0.25, 0.3) is 0 Å². The fourth-order valence-corrected chi connectivity index (χ4v) is 3.31. The minimum atomic E-state index is -0.136. The average Bonchev–Trinajstić information content (AvgIpc) is 2.66. The number of para-hydroxylation sites is 1. The number of urea groups is 1. The average molecular weight is 337 g/mol. The maximum Gasteiger partial charge on any atom is 0.319 e. The van der Waals surface area contributed by atoms with Crippen LogP contribution in [0.3, 0.4) is 0 Å². The lowest BCUT2D eigenvalue weighted by Crippen LogP contribution is -2.34. The van der Waals surface area contributed by atoms with Crippen molar-refractivity contribution in [3.05, 3.63) is 59.7 Å². The normalized spacial score (nSPS) is 13.2. The first-order valence-electron chi connectivity index (χ1n) is 9.23. The molecule has 1 aliphatic heterocycles. The van der Waals surface area contributed by atoms with E-state index in [2.05, 4.69) is 46.7 Å². The Kier molecular flexibility index (Phi) is 5.94.